The van der Waals surface area contributed by atoms with Gasteiger partial charge in [-0.05, 0) is 49.4 Å². The molecule has 2 heterocycles. The first-order valence-corrected chi connectivity index (χ1v) is 12.7. The first kappa shape index (κ1) is 24.0. The normalized spacial score (nSPS) is 16.1. The lowest BCUT2D eigenvalue weighted by molar-refractivity contribution is -0.121. The maximum absolute atomic E-state index is 13.1. The zero-order chi connectivity index (χ0) is 24.1. The molecule has 0 bridgehead atoms. The molecule has 34 heavy (non-hydrogen) atoms. The first-order chi connectivity index (χ1) is 16.4. The first-order valence-electron chi connectivity index (χ1n) is 11.8. The maximum Gasteiger partial charge on any atom is 0.234 e. The maximum atomic E-state index is 13.1. The Morgan fingerprint density at radius 1 is 1.12 bits per heavy atom. The number of rotatable bonds is 7. The second-order valence-corrected chi connectivity index (χ2v) is 10.4. The zero-order valence-electron chi connectivity index (χ0n) is 19.9. The van der Waals surface area contributed by atoms with Gasteiger partial charge in [-0.2, -0.15) is 5.26 Å². The number of para-hydroxylation sites is 1. The summed E-state index contributed by atoms with van der Waals surface area (Å²) in [6.45, 7) is 6.16. The Hall–Kier alpha value is -3.18. The molecular formula is C26H30N6OS. The van der Waals surface area contributed by atoms with Crippen molar-refractivity contribution >= 4 is 17.7 Å². The monoisotopic (exact) mass is 474 g/mol. The number of nitrogens with one attached hydrogen (secondary N) is 1. The van der Waals surface area contributed by atoms with Crippen LogP contribution in [0.1, 0.15) is 64.4 Å². The number of benzene rings is 1. The van der Waals surface area contributed by atoms with Crippen LogP contribution in [0.25, 0.3) is 17.1 Å². The van der Waals surface area contributed by atoms with E-state index in [0.29, 0.717) is 29.7 Å². The summed E-state index contributed by atoms with van der Waals surface area (Å²) in [4.78, 5) is 17.4. The quantitative estimate of drug-likeness (QED) is 0.468. The second-order valence-electron chi connectivity index (χ2n) is 9.10. The molecule has 0 spiro atoms. The molecule has 2 aromatic heterocycles. The SMILES string of the molecule is CC(Sc1nnc(-c2cccnc2)n1-c1ccccc1C(C)C)C(=O)NC1(C#N)CCCCC1. The van der Waals surface area contributed by atoms with Gasteiger partial charge in [0.15, 0.2) is 11.0 Å². The highest BCUT2D eigenvalue weighted by atomic mass is 32.2. The smallest absolute Gasteiger partial charge is 0.234 e. The number of carbonyl (C=O) groups is 1. The van der Waals surface area contributed by atoms with Crippen LogP contribution in [0.4, 0.5) is 0 Å². The molecule has 176 valence electrons. The lowest BCUT2D eigenvalue weighted by atomic mass is 9.83. The second kappa shape index (κ2) is 10.4. The highest BCUT2D eigenvalue weighted by Gasteiger charge is 2.35. The molecule has 3 aromatic rings. The Kier molecular flexibility index (Phi) is 7.32. The van der Waals surface area contributed by atoms with Crippen LogP contribution in [0, 0.1) is 11.3 Å². The predicted octanol–water partition coefficient (Wildman–Crippen LogP) is 5.28. The summed E-state index contributed by atoms with van der Waals surface area (Å²) in [6, 6.07) is 14.4. The highest BCUT2D eigenvalue weighted by Crippen LogP contribution is 2.34. The van der Waals surface area contributed by atoms with E-state index in [4.69, 9.17) is 0 Å². The highest BCUT2D eigenvalue weighted by molar-refractivity contribution is 8.00. The number of aromatic nitrogens is 4. The third-order valence-electron chi connectivity index (χ3n) is 6.29. The number of nitrogens with zero attached hydrogens (tertiary/aromatic N) is 5. The molecule has 0 aliphatic heterocycles. The van der Waals surface area contributed by atoms with E-state index >= 15 is 0 Å². The Bertz CT molecular complexity index is 1180. The predicted molar refractivity (Wildman–Crippen MR) is 134 cm³/mol. The summed E-state index contributed by atoms with van der Waals surface area (Å²) in [5.74, 6) is 0.820. The van der Waals surface area contributed by atoms with Crippen LogP contribution in [-0.4, -0.2) is 36.4 Å². The van der Waals surface area contributed by atoms with Crippen molar-refractivity contribution in [3.05, 3.63) is 54.4 Å². The Balaban J connectivity index is 1.68. The van der Waals surface area contributed by atoms with Crippen LogP contribution in [0.2, 0.25) is 0 Å². The van der Waals surface area contributed by atoms with Crippen LogP contribution in [-0.2, 0) is 4.79 Å². The molecule has 1 saturated carbocycles. The third-order valence-corrected chi connectivity index (χ3v) is 7.33. The third kappa shape index (κ3) is 5.00. The van der Waals surface area contributed by atoms with Crippen LogP contribution < -0.4 is 5.32 Å². The van der Waals surface area contributed by atoms with Gasteiger partial charge in [-0.3, -0.25) is 14.3 Å². The van der Waals surface area contributed by atoms with Gasteiger partial charge in [-0.15, -0.1) is 10.2 Å². The number of hydrogen-bond donors (Lipinski definition) is 1. The number of pyridine rings is 1. The van der Waals surface area contributed by atoms with Crippen LogP contribution in [0.15, 0.2) is 53.9 Å². The standard InChI is InChI=1S/C26H30N6OS/c1-18(2)21-11-5-6-12-22(21)32-23(20-10-9-15-28-16-20)30-31-25(32)34-19(3)24(33)29-26(17-27)13-7-4-8-14-26/h5-6,9-12,15-16,18-19H,4,7-8,13-14H2,1-3H3,(H,29,33). The molecular weight excluding hydrogens is 444 g/mol. The van der Waals surface area contributed by atoms with Crippen molar-refractivity contribution in [3.8, 4) is 23.1 Å². The van der Waals surface area contributed by atoms with Crippen LogP contribution in [0.5, 0.6) is 0 Å². The number of carbonyl (C=O) groups excluding carboxylic acids is 1. The van der Waals surface area contributed by atoms with E-state index < -0.39 is 10.8 Å². The fraction of sp³-hybridized carbons (Fsp3) is 0.423. The molecule has 1 N–H and O–H groups in total. The average molecular weight is 475 g/mol. The van der Waals surface area contributed by atoms with E-state index in [-0.39, 0.29) is 5.91 Å². The lowest BCUT2D eigenvalue weighted by Gasteiger charge is -2.32. The van der Waals surface area contributed by atoms with Gasteiger partial charge in [0.25, 0.3) is 0 Å². The van der Waals surface area contributed by atoms with Gasteiger partial charge in [0.2, 0.25) is 5.91 Å². The minimum atomic E-state index is -0.761. The van der Waals surface area contributed by atoms with E-state index in [1.807, 2.05) is 35.8 Å². The molecule has 1 amide bonds. The molecule has 1 fully saturated rings. The Morgan fingerprint density at radius 3 is 2.56 bits per heavy atom. The zero-order valence-corrected chi connectivity index (χ0v) is 20.7. The fourth-order valence-electron chi connectivity index (χ4n) is 4.39. The van der Waals surface area contributed by atoms with Gasteiger partial charge in [0.05, 0.1) is 17.0 Å². The average Bonchev–Trinajstić information content (AvgIpc) is 3.28. The molecule has 1 aromatic carbocycles. The topological polar surface area (TPSA) is 96.5 Å². The van der Waals surface area contributed by atoms with Gasteiger partial charge in [0.1, 0.15) is 5.54 Å². The van der Waals surface area contributed by atoms with Crippen LogP contribution in [0.3, 0.4) is 0 Å². The molecule has 0 radical (unpaired) electrons. The van der Waals surface area contributed by atoms with Crippen molar-refractivity contribution < 1.29 is 4.79 Å². The van der Waals surface area contributed by atoms with Crippen molar-refractivity contribution in [3.63, 3.8) is 0 Å². The van der Waals surface area contributed by atoms with E-state index in [2.05, 4.69) is 52.5 Å². The Morgan fingerprint density at radius 2 is 1.88 bits per heavy atom. The fourth-order valence-corrected chi connectivity index (χ4v) is 5.25. The van der Waals surface area contributed by atoms with E-state index in [1.165, 1.54) is 11.8 Å². The molecule has 7 nitrogen and oxygen atoms in total. The van der Waals surface area contributed by atoms with Crippen LogP contribution >= 0.6 is 11.8 Å². The molecule has 0 saturated heterocycles. The van der Waals surface area contributed by atoms with Crippen molar-refractivity contribution in [2.75, 3.05) is 0 Å². The summed E-state index contributed by atoms with van der Waals surface area (Å²) < 4.78 is 2.02. The summed E-state index contributed by atoms with van der Waals surface area (Å²) >= 11 is 1.35. The number of thioether (sulfide) groups is 1. The Labute approximate surface area is 205 Å². The summed E-state index contributed by atoms with van der Waals surface area (Å²) in [7, 11) is 0. The molecule has 1 atom stereocenters. The largest absolute Gasteiger partial charge is 0.337 e. The van der Waals surface area contributed by atoms with Crippen molar-refractivity contribution in [1.29, 1.82) is 5.26 Å². The minimum absolute atomic E-state index is 0.150. The van der Waals surface area contributed by atoms with Gasteiger partial charge >= 0.3 is 0 Å². The van der Waals surface area contributed by atoms with E-state index in [1.54, 1.807) is 12.4 Å². The summed E-state index contributed by atoms with van der Waals surface area (Å²) in [6.07, 6.45) is 7.94. The van der Waals surface area contributed by atoms with Gasteiger partial charge in [-0.25, -0.2) is 0 Å². The molecule has 1 aliphatic rings. The molecule has 4 rings (SSSR count). The van der Waals surface area contributed by atoms with Gasteiger partial charge in [-0.1, -0.05) is 63.1 Å². The van der Waals surface area contributed by atoms with Crippen molar-refractivity contribution in [2.24, 2.45) is 0 Å². The number of amides is 1. The minimum Gasteiger partial charge on any atom is -0.337 e. The van der Waals surface area contributed by atoms with Gasteiger partial charge in [0, 0.05) is 18.0 Å². The number of hydrogen-bond acceptors (Lipinski definition) is 6. The molecule has 8 heteroatoms. The van der Waals surface area contributed by atoms with Crippen molar-refractivity contribution in [2.45, 2.75) is 74.7 Å². The summed E-state index contributed by atoms with van der Waals surface area (Å²) in [5, 5.41) is 22.0. The molecule has 1 unspecified atom stereocenters. The summed E-state index contributed by atoms with van der Waals surface area (Å²) in [5.41, 5.74) is 2.24. The van der Waals surface area contributed by atoms with Gasteiger partial charge < -0.3 is 5.32 Å². The van der Waals surface area contributed by atoms with Crippen molar-refractivity contribution in [1.82, 2.24) is 25.1 Å². The van der Waals surface area contributed by atoms with E-state index in [0.717, 1.165) is 36.1 Å². The van der Waals surface area contributed by atoms with E-state index in [9.17, 15) is 10.1 Å². The number of nitriles is 1. The lowest BCUT2D eigenvalue weighted by Crippen LogP contribution is -2.51. The molecule has 1 aliphatic carbocycles.